The zero-order valence-electron chi connectivity index (χ0n) is 10.6. The van der Waals surface area contributed by atoms with Crippen LogP contribution in [0.4, 0.5) is 10.1 Å². The number of anilines is 1. The van der Waals surface area contributed by atoms with Crippen LogP contribution in [0.2, 0.25) is 0 Å². The second-order valence-corrected chi connectivity index (χ2v) is 4.99. The van der Waals surface area contributed by atoms with E-state index in [9.17, 15) is 4.39 Å². The molecule has 4 heteroatoms. The Morgan fingerprint density at radius 1 is 1.33 bits per heavy atom. The van der Waals surface area contributed by atoms with Crippen LogP contribution in [0.25, 0.3) is 0 Å². The molecule has 0 atom stereocenters. The van der Waals surface area contributed by atoms with Crippen LogP contribution in [0.3, 0.4) is 0 Å². The highest BCUT2D eigenvalue weighted by molar-refractivity contribution is 5.41. The highest BCUT2D eigenvalue weighted by atomic mass is 19.1. The molecule has 1 aliphatic rings. The molecule has 0 spiro atoms. The van der Waals surface area contributed by atoms with Crippen LogP contribution in [0.15, 0.2) is 18.2 Å². The van der Waals surface area contributed by atoms with Gasteiger partial charge in [-0.3, -0.25) is 4.90 Å². The third-order valence-corrected chi connectivity index (χ3v) is 3.68. The number of nitrogen functional groups attached to an aromatic ring is 1. The Morgan fingerprint density at radius 3 is 2.67 bits per heavy atom. The molecule has 1 fully saturated rings. The number of halogens is 1. The molecule has 2 rings (SSSR count). The average molecular weight is 252 g/mol. The van der Waals surface area contributed by atoms with Crippen LogP contribution in [0.1, 0.15) is 31.2 Å². The monoisotopic (exact) mass is 252 g/mol. The van der Waals surface area contributed by atoms with E-state index in [2.05, 4.69) is 4.90 Å². The van der Waals surface area contributed by atoms with Gasteiger partial charge in [0.15, 0.2) is 0 Å². The maximum Gasteiger partial charge on any atom is 0.146 e. The molecule has 0 amide bonds. The Morgan fingerprint density at radius 2 is 2.06 bits per heavy atom. The van der Waals surface area contributed by atoms with Crippen molar-refractivity contribution in [2.24, 2.45) is 0 Å². The normalized spacial score (nSPS) is 16.6. The van der Waals surface area contributed by atoms with Gasteiger partial charge in [-0.2, -0.15) is 0 Å². The number of aliphatic hydroxyl groups is 1. The Kier molecular flexibility index (Phi) is 4.55. The molecule has 0 unspecified atom stereocenters. The van der Waals surface area contributed by atoms with Crippen molar-refractivity contribution in [2.45, 2.75) is 38.3 Å². The quantitative estimate of drug-likeness (QED) is 0.789. The van der Waals surface area contributed by atoms with E-state index in [1.807, 2.05) is 6.07 Å². The van der Waals surface area contributed by atoms with E-state index in [-0.39, 0.29) is 18.1 Å². The molecule has 0 heterocycles. The van der Waals surface area contributed by atoms with E-state index in [4.69, 9.17) is 10.8 Å². The molecule has 18 heavy (non-hydrogen) atoms. The standard InChI is InChI=1S/C14H21FN2O/c15-13-9-11(5-6-14(13)16)10-17(7-8-18)12-3-1-2-4-12/h5-6,9,12,18H,1-4,7-8,10,16H2. The topological polar surface area (TPSA) is 49.5 Å². The molecule has 0 bridgehead atoms. The zero-order chi connectivity index (χ0) is 13.0. The van der Waals surface area contributed by atoms with Gasteiger partial charge in [0.05, 0.1) is 12.3 Å². The predicted molar refractivity (Wildman–Crippen MR) is 70.6 cm³/mol. The minimum absolute atomic E-state index is 0.147. The first-order valence-corrected chi connectivity index (χ1v) is 6.59. The summed E-state index contributed by atoms with van der Waals surface area (Å²) in [7, 11) is 0. The minimum atomic E-state index is -0.358. The van der Waals surface area contributed by atoms with Gasteiger partial charge in [-0.25, -0.2) is 4.39 Å². The summed E-state index contributed by atoms with van der Waals surface area (Å²) in [6.07, 6.45) is 4.86. The number of nitrogens with zero attached hydrogens (tertiary/aromatic N) is 1. The number of hydrogen-bond donors (Lipinski definition) is 2. The van der Waals surface area contributed by atoms with E-state index < -0.39 is 0 Å². The lowest BCUT2D eigenvalue weighted by Crippen LogP contribution is -2.35. The molecule has 1 aromatic rings. The molecule has 100 valence electrons. The Balaban J connectivity index is 2.04. The molecule has 1 aliphatic carbocycles. The summed E-state index contributed by atoms with van der Waals surface area (Å²) < 4.78 is 13.4. The van der Waals surface area contributed by atoms with Crippen LogP contribution >= 0.6 is 0 Å². The summed E-state index contributed by atoms with van der Waals surface area (Å²) in [6, 6.07) is 5.49. The van der Waals surface area contributed by atoms with E-state index in [1.165, 1.54) is 31.7 Å². The van der Waals surface area contributed by atoms with Crippen molar-refractivity contribution < 1.29 is 9.50 Å². The summed E-state index contributed by atoms with van der Waals surface area (Å²) in [5, 5.41) is 9.14. The molecule has 0 aliphatic heterocycles. The van der Waals surface area contributed by atoms with E-state index in [0.717, 1.165) is 5.56 Å². The van der Waals surface area contributed by atoms with Crippen molar-refractivity contribution >= 4 is 5.69 Å². The van der Waals surface area contributed by atoms with Crippen LogP contribution in [-0.4, -0.2) is 29.2 Å². The van der Waals surface area contributed by atoms with Gasteiger partial charge in [-0.05, 0) is 30.5 Å². The third-order valence-electron chi connectivity index (χ3n) is 3.68. The molecule has 0 saturated heterocycles. The number of benzene rings is 1. The average Bonchev–Trinajstić information content (AvgIpc) is 2.87. The van der Waals surface area contributed by atoms with Gasteiger partial charge in [-0.1, -0.05) is 18.9 Å². The van der Waals surface area contributed by atoms with Crippen LogP contribution < -0.4 is 5.73 Å². The highest BCUT2D eigenvalue weighted by Crippen LogP contribution is 2.25. The Bertz CT molecular complexity index is 391. The van der Waals surface area contributed by atoms with Crippen molar-refractivity contribution in [3.8, 4) is 0 Å². The van der Waals surface area contributed by atoms with Crippen LogP contribution in [0, 0.1) is 5.82 Å². The number of aliphatic hydroxyl groups excluding tert-OH is 1. The number of rotatable bonds is 5. The molecular formula is C14H21FN2O. The van der Waals surface area contributed by atoms with Crippen LogP contribution in [-0.2, 0) is 6.54 Å². The largest absolute Gasteiger partial charge is 0.396 e. The maximum absolute atomic E-state index is 13.4. The summed E-state index contributed by atoms with van der Waals surface area (Å²) in [5.41, 5.74) is 6.58. The van der Waals surface area contributed by atoms with Gasteiger partial charge < -0.3 is 10.8 Å². The Hall–Kier alpha value is -1.13. The van der Waals surface area contributed by atoms with Crippen molar-refractivity contribution in [1.82, 2.24) is 4.90 Å². The predicted octanol–water partition coefficient (Wildman–Crippen LogP) is 2.14. The molecule has 0 aromatic heterocycles. The second kappa shape index (κ2) is 6.16. The van der Waals surface area contributed by atoms with Crippen molar-refractivity contribution in [3.63, 3.8) is 0 Å². The van der Waals surface area contributed by atoms with E-state index >= 15 is 0 Å². The Labute approximate surface area is 107 Å². The zero-order valence-corrected chi connectivity index (χ0v) is 10.6. The maximum atomic E-state index is 13.4. The first-order valence-electron chi connectivity index (χ1n) is 6.59. The van der Waals surface area contributed by atoms with Gasteiger partial charge in [0.25, 0.3) is 0 Å². The lowest BCUT2D eigenvalue weighted by Gasteiger charge is -2.28. The fourth-order valence-corrected chi connectivity index (χ4v) is 2.69. The molecule has 3 nitrogen and oxygen atoms in total. The van der Waals surface area contributed by atoms with Gasteiger partial charge >= 0.3 is 0 Å². The fraction of sp³-hybridized carbons (Fsp3) is 0.571. The van der Waals surface area contributed by atoms with Crippen molar-refractivity contribution in [1.29, 1.82) is 0 Å². The third kappa shape index (κ3) is 3.21. The molecule has 3 N–H and O–H groups in total. The second-order valence-electron chi connectivity index (χ2n) is 4.99. The van der Waals surface area contributed by atoms with E-state index in [0.29, 0.717) is 19.1 Å². The van der Waals surface area contributed by atoms with E-state index in [1.54, 1.807) is 6.07 Å². The summed E-state index contributed by atoms with van der Waals surface area (Å²) in [6.45, 7) is 1.48. The first-order chi connectivity index (χ1) is 8.70. The smallest absolute Gasteiger partial charge is 0.146 e. The summed E-state index contributed by atoms with van der Waals surface area (Å²) >= 11 is 0. The molecular weight excluding hydrogens is 231 g/mol. The van der Waals surface area contributed by atoms with Gasteiger partial charge in [-0.15, -0.1) is 0 Å². The lowest BCUT2D eigenvalue weighted by atomic mass is 10.1. The molecule has 1 saturated carbocycles. The molecule has 1 aromatic carbocycles. The van der Waals surface area contributed by atoms with Crippen molar-refractivity contribution in [2.75, 3.05) is 18.9 Å². The van der Waals surface area contributed by atoms with Gasteiger partial charge in [0.1, 0.15) is 5.82 Å². The van der Waals surface area contributed by atoms with Crippen LogP contribution in [0.5, 0.6) is 0 Å². The first kappa shape index (κ1) is 13.3. The lowest BCUT2D eigenvalue weighted by molar-refractivity contribution is 0.144. The number of nitrogens with two attached hydrogens (primary N) is 1. The van der Waals surface area contributed by atoms with Crippen molar-refractivity contribution in [3.05, 3.63) is 29.6 Å². The van der Waals surface area contributed by atoms with Gasteiger partial charge in [0.2, 0.25) is 0 Å². The highest BCUT2D eigenvalue weighted by Gasteiger charge is 2.22. The summed E-state index contributed by atoms with van der Waals surface area (Å²) in [4.78, 5) is 2.25. The molecule has 0 radical (unpaired) electrons. The van der Waals surface area contributed by atoms with Gasteiger partial charge in [0, 0.05) is 19.1 Å². The summed E-state index contributed by atoms with van der Waals surface area (Å²) in [5.74, 6) is -0.358. The SMILES string of the molecule is Nc1ccc(CN(CCO)C2CCCC2)cc1F. The minimum Gasteiger partial charge on any atom is -0.396 e. The fourth-order valence-electron chi connectivity index (χ4n) is 2.69. The number of hydrogen-bond acceptors (Lipinski definition) is 3.